The lowest BCUT2D eigenvalue weighted by Crippen LogP contribution is -1.81. The predicted octanol–water partition coefficient (Wildman–Crippen LogP) is 2.46. The molecule has 58 valence electrons. The minimum Gasteiger partial charge on any atom is -0.206 e. The summed E-state index contributed by atoms with van der Waals surface area (Å²) < 4.78 is 13.1. The van der Waals surface area contributed by atoms with E-state index in [4.69, 9.17) is 5.26 Å². The zero-order valence-corrected chi connectivity index (χ0v) is 7.52. The van der Waals surface area contributed by atoms with Gasteiger partial charge in [-0.05, 0) is 34.0 Å². The van der Waals surface area contributed by atoms with Crippen molar-refractivity contribution in [3.8, 4) is 17.9 Å². The smallest absolute Gasteiger partial charge is 0.152 e. The molecule has 0 aromatic heterocycles. The third-order valence-corrected chi connectivity index (χ3v) is 2.01. The van der Waals surface area contributed by atoms with E-state index in [9.17, 15) is 4.39 Å². The zero-order valence-electron chi connectivity index (χ0n) is 5.94. The van der Waals surface area contributed by atoms with Crippen molar-refractivity contribution in [2.45, 2.75) is 0 Å². The maximum Gasteiger partial charge on any atom is 0.152 e. The van der Waals surface area contributed by atoms with E-state index >= 15 is 0 Å². The first-order chi connectivity index (χ1) is 5.75. The Morgan fingerprint density at radius 1 is 1.42 bits per heavy atom. The normalized spacial score (nSPS) is 8.08. The van der Waals surface area contributed by atoms with Crippen LogP contribution in [0.1, 0.15) is 5.56 Å². The molecule has 0 amide bonds. The molecule has 0 aliphatic heterocycles. The summed E-state index contributed by atoms with van der Waals surface area (Å²) in [6.45, 7) is 0. The quantitative estimate of drug-likeness (QED) is 0.621. The zero-order chi connectivity index (χ0) is 8.97. The van der Waals surface area contributed by atoms with Crippen LogP contribution < -0.4 is 0 Å². The average molecular weight is 224 g/mol. The molecule has 1 aromatic rings. The van der Waals surface area contributed by atoms with E-state index in [0.29, 0.717) is 10.0 Å². The van der Waals surface area contributed by atoms with Crippen LogP contribution in [0.5, 0.6) is 0 Å². The molecule has 0 radical (unpaired) electrons. The van der Waals surface area contributed by atoms with Crippen LogP contribution in [0.3, 0.4) is 0 Å². The summed E-state index contributed by atoms with van der Waals surface area (Å²) in [4.78, 5) is 0. The van der Waals surface area contributed by atoms with Crippen molar-refractivity contribution < 1.29 is 4.39 Å². The van der Waals surface area contributed by atoms with Gasteiger partial charge in [0.2, 0.25) is 0 Å². The minimum absolute atomic E-state index is 0.299. The van der Waals surface area contributed by atoms with E-state index in [1.165, 1.54) is 6.07 Å². The largest absolute Gasteiger partial charge is 0.206 e. The molecule has 0 unspecified atom stereocenters. The Hall–Kier alpha value is -1.32. The Morgan fingerprint density at radius 2 is 2.17 bits per heavy atom. The van der Waals surface area contributed by atoms with E-state index in [1.807, 2.05) is 0 Å². The van der Waals surface area contributed by atoms with Crippen molar-refractivity contribution in [3.63, 3.8) is 0 Å². The Balaban J connectivity index is 3.19. The number of rotatable bonds is 0. The van der Waals surface area contributed by atoms with Crippen molar-refractivity contribution in [3.05, 3.63) is 34.1 Å². The minimum atomic E-state index is -0.375. The van der Waals surface area contributed by atoms with Crippen LogP contribution in [0.25, 0.3) is 0 Å². The molecule has 0 fully saturated rings. The van der Waals surface area contributed by atoms with Crippen molar-refractivity contribution in [1.82, 2.24) is 0 Å². The lowest BCUT2D eigenvalue weighted by atomic mass is 10.2. The van der Waals surface area contributed by atoms with E-state index < -0.39 is 0 Å². The number of nitriles is 1. The fourth-order valence-electron chi connectivity index (χ4n) is 0.696. The summed E-state index contributed by atoms with van der Waals surface area (Å²) in [7, 11) is 0. The van der Waals surface area contributed by atoms with Gasteiger partial charge in [0.05, 0.1) is 4.47 Å². The van der Waals surface area contributed by atoms with Gasteiger partial charge in [-0.25, -0.2) is 4.39 Å². The Bertz CT molecular complexity index is 395. The number of benzene rings is 1. The number of hydrogen-bond donors (Lipinski definition) is 0. The second-order valence-corrected chi connectivity index (χ2v) is 2.76. The van der Waals surface area contributed by atoms with Gasteiger partial charge >= 0.3 is 0 Å². The summed E-state index contributed by atoms with van der Waals surface area (Å²) in [5.74, 6) is 4.32. The van der Waals surface area contributed by atoms with Crippen LogP contribution in [-0.2, 0) is 0 Å². The summed E-state index contributed by atoms with van der Waals surface area (Å²) >= 11 is 3.02. The fourth-order valence-corrected chi connectivity index (χ4v) is 1.06. The van der Waals surface area contributed by atoms with Gasteiger partial charge in [-0.1, -0.05) is 6.07 Å². The summed E-state index contributed by atoms with van der Waals surface area (Å²) in [5, 5.41) is 8.16. The molecule has 0 aliphatic rings. The van der Waals surface area contributed by atoms with Gasteiger partial charge in [-0.2, -0.15) is 5.26 Å². The SMILES string of the molecule is N#CC#Cc1cccc(F)c1Br. The van der Waals surface area contributed by atoms with Crippen LogP contribution in [-0.4, -0.2) is 0 Å². The first-order valence-electron chi connectivity index (χ1n) is 3.10. The fraction of sp³-hybridized carbons (Fsp3) is 0. The Kier molecular flexibility index (Phi) is 2.85. The van der Waals surface area contributed by atoms with Crippen LogP contribution in [0, 0.1) is 29.0 Å². The average Bonchev–Trinajstić information content (AvgIpc) is 2.08. The number of halogens is 2. The molecule has 0 heterocycles. The summed E-state index contributed by atoms with van der Waals surface area (Å²) in [6, 6.07) is 6.16. The first kappa shape index (κ1) is 8.77. The second kappa shape index (κ2) is 3.90. The van der Waals surface area contributed by atoms with E-state index in [0.717, 1.165) is 0 Å². The van der Waals surface area contributed by atoms with Gasteiger partial charge < -0.3 is 0 Å². The second-order valence-electron chi connectivity index (χ2n) is 1.96. The molecule has 0 aliphatic carbocycles. The van der Waals surface area contributed by atoms with Gasteiger partial charge in [0, 0.05) is 11.5 Å². The van der Waals surface area contributed by atoms with Crippen molar-refractivity contribution >= 4 is 15.9 Å². The van der Waals surface area contributed by atoms with Gasteiger partial charge in [-0.3, -0.25) is 0 Å². The molecule has 0 saturated carbocycles. The Morgan fingerprint density at radius 3 is 2.83 bits per heavy atom. The van der Waals surface area contributed by atoms with E-state index in [-0.39, 0.29) is 5.82 Å². The third kappa shape index (κ3) is 1.84. The highest BCUT2D eigenvalue weighted by molar-refractivity contribution is 9.10. The molecule has 0 bridgehead atoms. The molecule has 3 heteroatoms. The van der Waals surface area contributed by atoms with Gasteiger partial charge in [0.25, 0.3) is 0 Å². The van der Waals surface area contributed by atoms with Crippen LogP contribution >= 0.6 is 15.9 Å². The maximum atomic E-state index is 12.8. The molecule has 0 saturated heterocycles. The highest BCUT2D eigenvalue weighted by atomic mass is 79.9. The van der Waals surface area contributed by atoms with Gasteiger partial charge in [0.1, 0.15) is 5.82 Å². The molecular formula is C9H3BrFN. The summed E-state index contributed by atoms with van der Waals surface area (Å²) in [5.41, 5.74) is 0.483. The Labute approximate surface area is 78.0 Å². The lowest BCUT2D eigenvalue weighted by molar-refractivity contribution is 0.620. The highest BCUT2D eigenvalue weighted by Gasteiger charge is 2.01. The number of hydrogen-bond acceptors (Lipinski definition) is 1. The maximum absolute atomic E-state index is 12.8. The molecule has 1 rings (SSSR count). The third-order valence-electron chi connectivity index (χ3n) is 1.20. The van der Waals surface area contributed by atoms with Crippen LogP contribution in [0.15, 0.2) is 22.7 Å². The van der Waals surface area contributed by atoms with Gasteiger partial charge in [-0.15, -0.1) is 0 Å². The van der Waals surface area contributed by atoms with Crippen molar-refractivity contribution in [2.24, 2.45) is 0 Å². The predicted molar refractivity (Wildman–Crippen MR) is 46.6 cm³/mol. The molecular weight excluding hydrogens is 221 g/mol. The van der Waals surface area contributed by atoms with Crippen LogP contribution in [0.2, 0.25) is 0 Å². The molecule has 12 heavy (non-hydrogen) atoms. The van der Waals surface area contributed by atoms with E-state index in [1.54, 1.807) is 18.2 Å². The topological polar surface area (TPSA) is 23.8 Å². The van der Waals surface area contributed by atoms with E-state index in [2.05, 4.69) is 27.8 Å². The molecule has 1 nitrogen and oxygen atoms in total. The number of nitrogens with zero attached hydrogens (tertiary/aromatic N) is 1. The molecule has 0 spiro atoms. The molecule has 0 atom stereocenters. The monoisotopic (exact) mass is 223 g/mol. The molecule has 0 N–H and O–H groups in total. The highest BCUT2D eigenvalue weighted by Crippen LogP contribution is 2.18. The summed E-state index contributed by atoms with van der Waals surface area (Å²) in [6.07, 6.45) is 0. The molecule has 1 aromatic carbocycles. The van der Waals surface area contributed by atoms with Crippen molar-refractivity contribution in [2.75, 3.05) is 0 Å². The van der Waals surface area contributed by atoms with Gasteiger partial charge in [0.15, 0.2) is 6.07 Å². The first-order valence-corrected chi connectivity index (χ1v) is 3.89. The van der Waals surface area contributed by atoms with Crippen molar-refractivity contribution in [1.29, 1.82) is 5.26 Å². The lowest BCUT2D eigenvalue weighted by Gasteiger charge is -1.95. The standard InChI is InChI=1S/C9H3BrFN/c10-9-7(4-2-6-12)3-1-5-8(9)11/h1,3,5H. The van der Waals surface area contributed by atoms with Crippen LogP contribution in [0.4, 0.5) is 4.39 Å².